The maximum Gasteiger partial charge on any atom is 0.242 e. The lowest BCUT2D eigenvalue weighted by Gasteiger charge is -2.26. The lowest BCUT2D eigenvalue weighted by molar-refractivity contribution is -0.129. The predicted molar refractivity (Wildman–Crippen MR) is 131 cm³/mol. The second kappa shape index (κ2) is 16.4. The molecule has 1 aromatic rings. The zero-order chi connectivity index (χ0) is 21.8. The van der Waals surface area contributed by atoms with Gasteiger partial charge in [0.1, 0.15) is 11.8 Å². The van der Waals surface area contributed by atoms with Crippen molar-refractivity contribution in [1.29, 1.82) is 0 Å². The molecule has 2 rings (SSSR count). The van der Waals surface area contributed by atoms with Gasteiger partial charge in [-0.3, -0.25) is 14.6 Å². The molecule has 182 valence electrons. The van der Waals surface area contributed by atoms with Crippen molar-refractivity contribution in [3.63, 3.8) is 0 Å². The Morgan fingerprint density at radius 1 is 1.09 bits per heavy atom. The van der Waals surface area contributed by atoms with Crippen LogP contribution in [0, 0.1) is 0 Å². The number of halogens is 2. The third kappa shape index (κ3) is 12.0. The van der Waals surface area contributed by atoms with Crippen LogP contribution in [0.5, 0.6) is 5.75 Å². The fraction of sp³-hybridized carbons (Fsp3) is 0.571. The average Bonchev–Trinajstić information content (AvgIpc) is 2.74. The molecule has 0 radical (unpaired) electrons. The van der Waals surface area contributed by atoms with Gasteiger partial charge in [-0.15, -0.1) is 24.8 Å². The number of nitrogens with zero attached hydrogens (tertiary/aromatic N) is 2. The van der Waals surface area contributed by atoms with Crippen molar-refractivity contribution in [3.8, 4) is 5.75 Å². The Kier molecular flexibility index (Phi) is 15.3. The van der Waals surface area contributed by atoms with E-state index >= 15 is 0 Å². The Morgan fingerprint density at radius 3 is 2.38 bits per heavy atom. The number of carbonyl (C=O) groups excluding carboxylic acids is 2. The molecule has 1 fully saturated rings. The zero-order valence-electron chi connectivity index (χ0n) is 18.3. The van der Waals surface area contributed by atoms with Gasteiger partial charge in [0, 0.05) is 26.1 Å². The average molecular weight is 491 g/mol. The minimum Gasteiger partial charge on any atom is -0.508 e. The summed E-state index contributed by atoms with van der Waals surface area (Å²) >= 11 is 0. The molecule has 1 heterocycles. The number of phenols is 1. The van der Waals surface area contributed by atoms with E-state index < -0.39 is 6.04 Å². The van der Waals surface area contributed by atoms with E-state index in [1.54, 1.807) is 24.3 Å². The smallest absolute Gasteiger partial charge is 0.242 e. The van der Waals surface area contributed by atoms with Crippen molar-refractivity contribution in [2.75, 3.05) is 26.2 Å². The van der Waals surface area contributed by atoms with Gasteiger partial charge in [-0.2, -0.15) is 0 Å². The number of aromatic hydroxyl groups is 1. The van der Waals surface area contributed by atoms with Crippen molar-refractivity contribution in [1.82, 2.24) is 15.5 Å². The number of guanidine groups is 1. The minimum absolute atomic E-state index is 0. The van der Waals surface area contributed by atoms with E-state index in [0.29, 0.717) is 38.9 Å². The van der Waals surface area contributed by atoms with Crippen LogP contribution in [0.3, 0.4) is 0 Å². The predicted octanol–water partition coefficient (Wildman–Crippen LogP) is 1.27. The minimum atomic E-state index is -0.648. The molecule has 32 heavy (non-hydrogen) atoms. The number of carbonyl (C=O) groups is 2. The molecule has 1 aliphatic rings. The van der Waals surface area contributed by atoms with Crippen molar-refractivity contribution in [2.45, 2.75) is 51.1 Å². The van der Waals surface area contributed by atoms with Crippen LogP contribution in [0.1, 0.15) is 44.1 Å². The fourth-order valence-corrected chi connectivity index (χ4v) is 3.41. The molecule has 1 aromatic carbocycles. The van der Waals surface area contributed by atoms with E-state index in [1.807, 2.05) is 0 Å². The van der Waals surface area contributed by atoms with Crippen LogP contribution in [0.25, 0.3) is 0 Å². The Hall–Kier alpha value is -2.23. The van der Waals surface area contributed by atoms with Crippen LogP contribution in [0.15, 0.2) is 29.3 Å². The van der Waals surface area contributed by atoms with Gasteiger partial charge in [0.25, 0.3) is 0 Å². The van der Waals surface area contributed by atoms with Crippen molar-refractivity contribution < 1.29 is 14.7 Å². The molecule has 1 atom stereocenters. The number of aliphatic imine (C=N–C) groups is 1. The highest BCUT2D eigenvalue weighted by molar-refractivity contribution is 5.87. The van der Waals surface area contributed by atoms with Gasteiger partial charge in [0.15, 0.2) is 5.96 Å². The highest BCUT2D eigenvalue weighted by Crippen LogP contribution is 2.10. The van der Waals surface area contributed by atoms with Crippen LogP contribution in [0.2, 0.25) is 0 Å². The molecule has 0 bridgehead atoms. The van der Waals surface area contributed by atoms with E-state index in [-0.39, 0.29) is 48.3 Å². The molecule has 0 aromatic heterocycles. The van der Waals surface area contributed by atoms with Gasteiger partial charge in [0.2, 0.25) is 11.8 Å². The number of amides is 2. The Bertz CT molecular complexity index is 708. The second-order valence-electron chi connectivity index (χ2n) is 7.61. The first-order valence-electron chi connectivity index (χ1n) is 10.6. The third-order valence-electron chi connectivity index (χ3n) is 5.10. The summed E-state index contributed by atoms with van der Waals surface area (Å²) in [5, 5.41) is 15.1. The van der Waals surface area contributed by atoms with E-state index in [1.165, 1.54) is 19.3 Å². The van der Waals surface area contributed by atoms with E-state index in [0.717, 1.165) is 18.7 Å². The number of rotatable bonds is 11. The summed E-state index contributed by atoms with van der Waals surface area (Å²) in [6.45, 7) is 3.48. The van der Waals surface area contributed by atoms with Crippen molar-refractivity contribution in [2.24, 2.45) is 16.5 Å². The number of benzene rings is 1. The molecule has 9 nitrogen and oxygen atoms in total. The quantitative estimate of drug-likeness (QED) is 0.179. The maximum absolute atomic E-state index is 12.7. The first-order chi connectivity index (χ1) is 14.4. The number of nitrogens with one attached hydrogen (secondary N) is 2. The molecule has 0 unspecified atom stereocenters. The van der Waals surface area contributed by atoms with Crippen LogP contribution >= 0.6 is 24.8 Å². The Labute approximate surface area is 202 Å². The molecule has 1 aliphatic heterocycles. The van der Waals surface area contributed by atoms with Gasteiger partial charge < -0.3 is 32.1 Å². The Balaban J connectivity index is 0.00000480. The molecule has 1 saturated heterocycles. The van der Waals surface area contributed by atoms with Gasteiger partial charge in [0.05, 0.1) is 0 Å². The summed E-state index contributed by atoms with van der Waals surface area (Å²) in [6.07, 6.45) is 4.98. The second-order valence-corrected chi connectivity index (χ2v) is 7.61. The topological polar surface area (TPSA) is 146 Å². The van der Waals surface area contributed by atoms with Gasteiger partial charge in [-0.1, -0.05) is 18.6 Å². The summed E-state index contributed by atoms with van der Waals surface area (Å²) in [6, 6.07) is 5.96. The number of phenolic OH excluding ortho intramolecular Hbond substituents is 1. The van der Waals surface area contributed by atoms with E-state index in [9.17, 15) is 14.7 Å². The van der Waals surface area contributed by atoms with Gasteiger partial charge in [-0.25, -0.2) is 0 Å². The lowest BCUT2D eigenvalue weighted by Crippen LogP contribution is -2.47. The molecular formula is C21H36Cl2N6O3. The number of hydrogen-bond acceptors (Lipinski definition) is 5. The monoisotopic (exact) mass is 490 g/mol. The highest BCUT2D eigenvalue weighted by atomic mass is 35.5. The molecule has 2 amide bonds. The molecular weight excluding hydrogens is 455 g/mol. The summed E-state index contributed by atoms with van der Waals surface area (Å²) in [7, 11) is 0. The SMILES string of the molecule is Cl.Cl.NC(N)=NCCC[C@@H](NC(=O)CCN1CCCCC1)C(=O)NCc1ccc(O)cc1. The summed E-state index contributed by atoms with van der Waals surface area (Å²) in [5.74, 6) is -0.205. The zero-order valence-corrected chi connectivity index (χ0v) is 19.9. The molecule has 11 heteroatoms. The van der Waals surface area contributed by atoms with E-state index in [2.05, 4.69) is 20.5 Å². The molecule has 0 spiro atoms. The fourth-order valence-electron chi connectivity index (χ4n) is 3.41. The summed E-state index contributed by atoms with van der Waals surface area (Å²) in [5.41, 5.74) is 11.5. The molecule has 0 aliphatic carbocycles. The Morgan fingerprint density at radius 2 is 1.75 bits per heavy atom. The van der Waals surface area contributed by atoms with Gasteiger partial charge >= 0.3 is 0 Å². The van der Waals surface area contributed by atoms with Gasteiger partial charge in [-0.05, 0) is 56.5 Å². The highest BCUT2D eigenvalue weighted by Gasteiger charge is 2.21. The lowest BCUT2D eigenvalue weighted by atomic mass is 10.1. The summed E-state index contributed by atoms with van der Waals surface area (Å²) < 4.78 is 0. The number of likely N-dealkylation sites (tertiary alicyclic amines) is 1. The van der Waals surface area contributed by atoms with E-state index in [4.69, 9.17) is 11.5 Å². The number of hydrogen-bond donors (Lipinski definition) is 5. The number of piperidine rings is 1. The number of nitrogens with two attached hydrogens (primary N) is 2. The first kappa shape index (κ1) is 29.8. The van der Waals surface area contributed by atoms with Crippen molar-refractivity contribution in [3.05, 3.63) is 29.8 Å². The van der Waals surface area contributed by atoms with Crippen molar-refractivity contribution >= 4 is 42.6 Å². The van der Waals surface area contributed by atoms with Crippen LogP contribution in [-0.2, 0) is 16.1 Å². The first-order valence-corrected chi connectivity index (χ1v) is 10.6. The third-order valence-corrected chi connectivity index (χ3v) is 5.10. The molecule has 7 N–H and O–H groups in total. The maximum atomic E-state index is 12.7. The largest absolute Gasteiger partial charge is 0.508 e. The van der Waals surface area contributed by atoms with Crippen LogP contribution in [0.4, 0.5) is 0 Å². The van der Waals surface area contributed by atoms with Crippen LogP contribution < -0.4 is 22.1 Å². The summed E-state index contributed by atoms with van der Waals surface area (Å²) in [4.78, 5) is 31.3. The standard InChI is InChI=1S/C21H34N6O3.2ClH/c22-21(23)24-11-4-5-18(20(30)25-15-16-6-8-17(28)9-7-16)26-19(29)10-14-27-12-2-1-3-13-27;;/h6-9,18,28H,1-5,10-15H2,(H,25,30)(H,26,29)(H4,22,23,24);2*1H/t18-;;/m1../s1. The van der Waals surface area contributed by atoms with Crippen LogP contribution in [-0.4, -0.2) is 60.0 Å². The molecule has 0 saturated carbocycles. The normalized spacial score (nSPS) is 14.2.